The van der Waals surface area contributed by atoms with Crippen LogP contribution in [0.25, 0.3) is 10.9 Å². The van der Waals surface area contributed by atoms with Crippen LogP contribution in [0.1, 0.15) is 47.0 Å². The van der Waals surface area contributed by atoms with Gasteiger partial charge in [-0.3, -0.25) is 9.48 Å². The number of aromatic nitrogens is 3. The van der Waals surface area contributed by atoms with E-state index in [-0.39, 0.29) is 21.9 Å². The number of fused-ring (bicyclic) bond motifs is 1. The maximum absolute atomic E-state index is 13.0. The summed E-state index contributed by atoms with van der Waals surface area (Å²) in [6.45, 7) is 8.54. The topological polar surface area (TPSA) is 141 Å². The third-order valence-electron chi connectivity index (χ3n) is 7.62. The maximum atomic E-state index is 13.0. The number of aromatic amines is 1. The molecule has 38 heavy (non-hydrogen) atoms. The molecular weight excluding hydrogens is 508 g/mol. The molecule has 1 aromatic carbocycles. The number of sulfonamides is 1. The largest absolute Gasteiger partial charge is 0.465 e. The predicted molar refractivity (Wildman–Crippen MR) is 146 cm³/mol. The highest BCUT2D eigenvalue weighted by Crippen LogP contribution is 2.44. The molecule has 0 spiro atoms. The number of pyridine rings is 1. The van der Waals surface area contributed by atoms with Crippen molar-refractivity contribution >= 4 is 38.5 Å². The fourth-order valence-electron chi connectivity index (χ4n) is 5.31. The van der Waals surface area contributed by atoms with Gasteiger partial charge in [0, 0.05) is 38.6 Å². The van der Waals surface area contributed by atoms with Gasteiger partial charge in [0.1, 0.15) is 5.39 Å². The predicted octanol–water partition coefficient (Wildman–Crippen LogP) is 4.01. The first-order valence-electron chi connectivity index (χ1n) is 12.6. The minimum atomic E-state index is -3.57. The molecule has 1 amide bonds. The Hall–Kier alpha value is -3.38. The number of rotatable bonds is 6. The van der Waals surface area contributed by atoms with Gasteiger partial charge >= 0.3 is 6.09 Å². The fourth-order valence-corrected chi connectivity index (χ4v) is 6.21. The Balaban J connectivity index is 1.79. The molecule has 3 heterocycles. The number of anilines is 2. The van der Waals surface area contributed by atoms with E-state index in [4.69, 9.17) is 5.10 Å². The van der Waals surface area contributed by atoms with Crippen LogP contribution in [0.2, 0.25) is 0 Å². The van der Waals surface area contributed by atoms with Crippen molar-refractivity contribution < 1.29 is 18.3 Å². The van der Waals surface area contributed by atoms with Gasteiger partial charge in [-0.25, -0.2) is 17.5 Å². The van der Waals surface area contributed by atoms with E-state index in [1.807, 2.05) is 31.5 Å². The van der Waals surface area contributed by atoms with E-state index in [1.54, 1.807) is 18.3 Å². The number of benzene rings is 1. The number of likely N-dealkylation sites (tertiary alicyclic amines) is 1. The van der Waals surface area contributed by atoms with Crippen molar-refractivity contribution in [2.45, 2.75) is 63.4 Å². The van der Waals surface area contributed by atoms with Crippen molar-refractivity contribution in [3.63, 3.8) is 0 Å². The van der Waals surface area contributed by atoms with E-state index in [0.717, 1.165) is 4.31 Å². The van der Waals surface area contributed by atoms with Gasteiger partial charge in [-0.2, -0.15) is 5.10 Å². The van der Waals surface area contributed by atoms with E-state index < -0.39 is 21.7 Å². The second-order valence-corrected chi connectivity index (χ2v) is 13.3. The van der Waals surface area contributed by atoms with Crippen molar-refractivity contribution in [2.75, 3.05) is 26.0 Å². The summed E-state index contributed by atoms with van der Waals surface area (Å²) >= 11 is 0. The van der Waals surface area contributed by atoms with Crippen LogP contribution in [0.5, 0.6) is 0 Å². The molecular formula is C26H36N6O5S. The first-order valence-corrected chi connectivity index (χ1v) is 14.1. The molecule has 1 aliphatic rings. The van der Waals surface area contributed by atoms with Crippen molar-refractivity contribution in [3.05, 3.63) is 46.9 Å². The summed E-state index contributed by atoms with van der Waals surface area (Å²) in [5.41, 5.74) is 0.136. The lowest BCUT2D eigenvalue weighted by molar-refractivity contribution is 0.00403. The fraction of sp³-hybridized carbons (Fsp3) is 0.500. The van der Waals surface area contributed by atoms with E-state index in [2.05, 4.69) is 17.2 Å². The summed E-state index contributed by atoms with van der Waals surface area (Å²) < 4.78 is 27.9. The summed E-state index contributed by atoms with van der Waals surface area (Å²) in [7, 11) is -0.626. The second kappa shape index (κ2) is 9.73. The lowest BCUT2D eigenvalue weighted by Gasteiger charge is -2.50. The summed E-state index contributed by atoms with van der Waals surface area (Å²) in [5, 5.41) is 18.3. The molecule has 0 saturated carbocycles. The Morgan fingerprint density at radius 1 is 1.24 bits per heavy atom. The van der Waals surface area contributed by atoms with E-state index >= 15 is 0 Å². The molecule has 1 aliphatic heterocycles. The highest BCUT2D eigenvalue weighted by molar-refractivity contribution is 7.89. The molecule has 1 saturated heterocycles. The van der Waals surface area contributed by atoms with Gasteiger partial charge in [0.05, 0.1) is 16.0 Å². The Morgan fingerprint density at radius 2 is 1.89 bits per heavy atom. The minimum Gasteiger partial charge on any atom is -0.465 e. The van der Waals surface area contributed by atoms with Gasteiger partial charge in [0.2, 0.25) is 10.0 Å². The number of piperidine rings is 1. The molecule has 2 aromatic heterocycles. The first-order chi connectivity index (χ1) is 17.7. The van der Waals surface area contributed by atoms with Gasteiger partial charge in [-0.15, -0.1) is 0 Å². The first kappa shape index (κ1) is 27.6. The van der Waals surface area contributed by atoms with Crippen LogP contribution in [-0.4, -0.2) is 70.3 Å². The molecule has 11 nitrogen and oxygen atoms in total. The Kier molecular flexibility index (Phi) is 7.08. The molecule has 0 radical (unpaired) electrons. The zero-order valence-electron chi connectivity index (χ0n) is 22.6. The summed E-state index contributed by atoms with van der Waals surface area (Å²) in [4.78, 5) is 29.4. The van der Waals surface area contributed by atoms with Gasteiger partial charge in [-0.05, 0) is 55.0 Å². The quantitative estimate of drug-likeness (QED) is 0.426. The van der Waals surface area contributed by atoms with E-state index in [9.17, 15) is 23.1 Å². The molecule has 2 atom stereocenters. The molecule has 1 fully saturated rings. The number of amides is 1. The highest BCUT2D eigenvalue weighted by Gasteiger charge is 2.47. The molecule has 0 bridgehead atoms. The average Bonchev–Trinajstić information content (AvgIpc) is 3.23. The lowest BCUT2D eigenvalue weighted by Crippen LogP contribution is -2.57. The van der Waals surface area contributed by atoms with Crippen molar-refractivity contribution in [1.82, 2.24) is 24.0 Å². The minimum absolute atomic E-state index is 0.157. The van der Waals surface area contributed by atoms with Crippen LogP contribution in [0.3, 0.4) is 0 Å². The molecule has 4 rings (SSSR count). The maximum Gasteiger partial charge on any atom is 0.407 e. The number of carboxylic acid groups (broad SMARTS) is 1. The van der Waals surface area contributed by atoms with Crippen LogP contribution in [0, 0.1) is 5.41 Å². The van der Waals surface area contributed by atoms with Crippen LogP contribution in [0.4, 0.5) is 16.3 Å². The average molecular weight is 545 g/mol. The number of hydrogen-bond acceptors (Lipinski definition) is 6. The SMILES string of the molecule is CCC1(n2nc(Nc3ccc(S(=O)(=O)N(C)C)cc3)c3c(=O)[nH]ccc32)CCN(C(=O)O)C(C(C)(C)C)C1. The van der Waals surface area contributed by atoms with Crippen molar-refractivity contribution in [1.29, 1.82) is 0 Å². The van der Waals surface area contributed by atoms with Gasteiger partial charge in [0.15, 0.2) is 5.82 Å². The monoisotopic (exact) mass is 544 g/mol. The molecule has 3 aromatic rings. The Bertz CT molecular complexity index is 1500. The summed E-state index contributed by atoms with van der Waals surface area (Å²) in [6, 6.07) is 7.85. The summed E-state index contributed by atoms with van der Waals surface area (Å²) in [5.74, 6) is 0.353. The third kappa shape index (κ3) is 4.78. The second-order valence-electron chi connectivity index (χ2n) is 11.2. The zero-order valence-corrected chi connectivity index (χ0v) is 23.5. The molecule has 206 valence electrons. The van der Waals surface area contributed by atoms with Crippen LogP contribution >= 0.6 is 0 Å². The summed E-state index contributed by atoms with van der Waals surface area (Å²) in [6.07, 6.45) is 2.47. The standard InChI is InChI=1S/C26H36N6O5S/c1-7-26(13-15-31(24(34)35)20(16-26)25(2,3)4)32-19-12-14-27-23(33)21(19)22(29-32)28-17-8-10-18(11-9-17)38(36,37)30(5)6/h8-12,14,20H,7,13,15-16H2,1-6H3,(H,27,33)(H,28,29)(H,34,35). The van der Waals surface area contributed by atoms with Gasteiger partial charge in [-0.1, -0.05) is 27.7 Å². The van der Waals surface area contributed by atoms with Crippen LogP contribution in [-0.2, 0) is 15.6 Å². The van der Waals surface area contributed by atoms with Gasteiger partial charge < -0.3 is 20.3 Å². The molecule has 0 aliphatic carbocycles. The van der Waals surface area contributed by atoms with E-state index in [1.165, 1.54) is 31.1 Å². The molecule has 3 N–H and O–H groups in total. The van der Waals surface area contributed by atoms with E-state index in [0.29, 0.717) is 48.2 Å². The Morgan fingerprint density at radius 3 is 2.45 bits per heavy atom. The van der Waals surface area contributed by atoms with Crippen molar-refractivity contribution in [2.24, 2.45) is 5.41 Å². The Labute approximate surface area is 222 Å². The van der Waals surface area contributed by atoms with Crippen molar-refractivity contribution in [3.8, 4) is 0 Å². The number of nitrogens with one attached hydrogen (secondary N) is 2. The number of hydrogen-bond donors (Lipinski definition) is 3. The molecule has 12 heteroatoms. The lowest BCUT2D eigenvalue weighted by atomic mass is 9.72. The zero-order chi connectivity index (χ0) is 28.0. The number of H-pyrrole nitrogens is 1. The smallest absolute Gasteiger partial charge is 0.407 e. The van der Waals surface area contributed by atoms with Crippen LogP contribution < -0.4 is 10.9 Å². The number of nitrogens with zero attached hydrogens (tertiary/aromatic N) is 4. The highest BCUT2D eigenvalue weighted by atomic mass is 32.2. The number of carbonyl (C=O) groups is 1. The third-order valence-corrected chi connectivity index (χ3v) is 9.45. The molecule has 2 unspecified atom stereocenters. The normalized spacial score (nSPS) is 20.7. The van der Waals surface area contributed by atoms with Crippen LogP contribution in [0.15, 0.2) is 46.2 Å². The van der Waals surface area contributed by atoms with Gasteiger partial charge in [0.25, 0.3) is 5.56 Å².